The van der Waals surface area contributed by atoms with Crippen molar-refractivity contribution < 1.29 is 38.8 Å². The average molecular weight is 734 g/mol. The molecule has 0 aliphatic carbocycles. The fourth-order valence-electron chi connectivity index (χ4n) is 7.70. The van der Waals surface area contributed by atoms with Crippen LogP contribution >= 0.6 is 0 Å². The number of hydrogen-bond acceptors (Lipinski definition) is 9. The van der Waals surface area contributed by atoms with Crippen LogP contribution in [0.5, 0.6) is 0 Å². The molecule has 6 unspecified atom stereocenters. The molecule has 0 saturated carbocycles. The SMILES string of the molecule is CC1C(CN2CCCC2CO)OC(c2ccc(-c3ccccc3CN3C(=O)CC(NC(=O)OCc4ccccc4)C3=O)cc2)OC1c1ccc(CO)cc1. The first-order valence-corrected chi connectivity index (χ1v) is 18.7. The summed E-state index contributed by atoms with van der Waals surface area (Å²) in [6.45, 7) is 3.95. The molecule has 11 nitrogen and oxygen atoms in total. The van der Waals surface area contributed by atoms with Gasteiger partial charge in [-0.2, -0.15) is 0 Å². The fourth-order valence-corrected chi connectivity index (χ4v) is 7.70. The molecular weight excluding hydrogens is 686 g/mol. The molecule has 0 spiro atoms. The molecule has 3 heterocycles. The highest BCUT2D eigenvalue weighted by molar-refractivity contribution is 6.06. The van der Waals surface area contributed by atoms with Gasteiger partial charge in [0.15, 0.2) is 6.29 Å². The van der Waals surface area contributed by atoms with Gasteiger partial charge in [0.05, 0.1) is 38.4 Å². The van der Waals surface area contributed by atoms with E-state index in [1.807, 2.05) is 103 Å². The van der Waals surface area contributed by atoms with Crippen molar-refractivity contribution in [3.8, 4) is 11.1 Å². The van der Waals surface area contributed by atoms with Crippen LogP contribution < -0.4 is 5.32 Å². The Hall–Kier alpha value is -4.91. The Kier molecular flexibility index (Phi) is 11.8. The molecule has 3 saturated heterocycles. The minimum absolute atomic E-state index is 0.0260. The first kappa shape index (κ1) is 37.4. The maximum Gasteiger partial charge on any atom is 0.408 e. The van der Waals surface area contributed by atoms with Crippen LogP contribution in [0.4, 0.5) is 4.79 Å². The van der Waals surface area contributed by atoms with E-state index in [1.165, 1.54) is 4.90 Å². The van der Waals surface area contributed by atoms with E-state index in [2.05, 4.69) is 17.1 Å². The number of ether oxygens (including phenoxy) is 3. The summed E-state index contributed by atoms with van der Waals surface area (Å²) in [5, 5.41) is 22.2. The van der Waals surface area contributed by atoms with E-state index in [4.69, 9.17) is 14.2 Å². The minimum atomic E-state index is -0.995. The topological polar surface area (TPSA) is 138 Å². The van der Waals surface area contributed by atoms with Crippen molar-refractivity contribution in [3.63, 3.8) is 0 Å². The van der Waals surface area contributed by atoms with Gasteiger partial charge in [0.2, 0.25) is 5.91 Å². The molecule has 0 aromatic heterocycles. The molecule has 3 fully saturated rings. The largest absolute Gasteiger partial charge is 0.445 e. The lowest BCUT2D eigenvalue weighted by Gasteiger charge is -2.43. The van der Waals surface area contributed by atoms with E-state index in [1.54, 1.807) is 0 Å². The van der Waals surface area contributed by atoms with Gasteiger partial charge < -0.3 is 29.7 Å². The monoisotopic (exact) mass is 733 g/mol. The molecule has 3 aliphatic heterocycles. The predicted molar refractivity (Wildman–Crippen MR) is 200 cm³/mol. The van der Waals surface area contributed by atoms with E-state index in [0.717, 1.165) is 58.3 Å². The Morgan fingerprint density at radius 3 is 2.33 bits per heavy atom. The molecule has 7 rings (SSSR count). The van der Waals surface area contributed by atoms with Gasteiger partial charge in [0.25, 0.3) is 5.91 Å². The molecule has 0 bridgehead atoms. The zero-order valence-corrected chi connectivity index (χ0v) is 30.4. The molecular formula is C43H47N3O8. The summed E-state index contributed by atoms with van der Waals surface area (Å²) in [4.78, 5) is 42.4. The molecule has 4 aromatic rings. The molecule has 3 N–H and O–H groups in total. The zero-order valence-electron chi connectivity index (χ0n) is 30.4. The molecule has 4 aromatic carbocycles. The average Bonchev–Trinajstić information content (AvgIpc) is 3.77. The number of likely N-dealkylation sites (tertiary alicyclic amines) is 2. The number of nitrogens with one attached hydrogen (secondary N) is 1. The van der Waals surface area contributed by atoms with Gasteiger partial charge in [-0.15, -0.1) is 0 Å². The second-order valence-electron chi connectivity index (χ2n) is 14.4. The third-order valence-electron chi connectivity index (χ3n) is 10.8. The molecule has 3 amide bonds. The number of hydrogen-bond donors (Lipinski definition) is 3. The molecule has 6 atom stereocenters. The number of rotatable bonds is 12. The number of benzene rings is 4. The molecule has 0 radical (unpaired) electrons. The van der Waals surface area contributed by atoms with Crippen molar-refractivity contribution in [1.82, 2.24) is 15.1 Å². The number of imide groups is 1. The Balaban J connectivity index is 1.05. The van der Waals surface area contributed by atoms with E-state index in [9.17, 15) is 24.6 Å². The molecule has 54 heavy (non-hydrogen) atoms. The number of carbonyl (C=O) groups excluding carboxylic acids is 3. The van der Waals surface area contributed by atoms with Crippen LogP contribution in [0.15, 0.2) is 103 Å². The highest BCUT2D eigenvalue weighted by Crippen LogP contribution is 2.42. The van der Waals surface area contributed by atoms with Crippen molar-refractivity contribution in [2.45, 2.75) is 76.5 Å². The Morgan fingerprint density at radius 1 is 0.870 bits per heavy atom. The lowest BCUT2D eigenvalue weighted by molar-refractivity contribution is -0.276. The van der Waals surface area contributed by atoms with Crippen LogP contribution in [-0.2, 0) is 43.6 Å². The van der Waals surface area contributed by atoms with Gasteiger partial charge in [-0.05, 0) is 52.8 Å². The number of carbonyl (C=O) groups is 3. The third-order valence-corrected chi connectivity index (χ3v) is 10.8. The standard InChI is InChI=1S/C43H47N3O8/c1-28-38(24-45-21-7-11-35(45)26-48)53-42(54-40(28)32-15-13-29(25-47)14-16-32)33-19-17-31(18-20-33)36-12-6-5-10-34(36)23-46-39(49)22-37(41(46)50)44-43(51)52-27-30-8-3-2-4-9-30/h2-6,8-10,12-20,28,35,37-38,40,42,47-48H,7,11,21-27H2,1H3,(H,44,51). The van der Waals surface area contributed by atoms with Gasteiger partial charge in [-0.3, -0.25) is 19.4 Å². The Labute approximate surface area is 315 Å². The Bertz CT molecular complexity index is 1900. The fraction of sp³-hybridized carbons (Fsp3) is 0.372. The highest BCUT2D eigenvalue weighted by atomic mass is 16.7. The summed E-state index contributed by atoms with van der Waals surface area (Å²) in [5.41, 5.74) is 6.06. The summed E-state index contributed by atoms with van der Waals surface area (Å²) >= 11 is 0. The van der Waals surface area contributed by atoms with Crippen molar-refractivity contribution in [2.75, 3.05) is 19.7 Å². The second-order valence-corrected chi connectivity index (χ2v) is 14.4. The summed E-state index contributed by atoms with van der Waals surface area (Å²) in [6, 6.07) is 31.8. The van der Waals surface area contributed by atoms with Gasteiger partial charge in [-0.25, -0.2) is 4.79 Å². The van der Waals surface area contributed by atoms with Gasteiger partial charge in [0.1, 0.15) is 12.6 Å². The number of alkyl carbamates (subject to hydrolysis) is 1. The van der Waals surface area contributed by atoms with Crippen LogP contribution in [0.3, 0.4) is 0 Å². The van der Waals surface area contributed by atoms with Gasteiger partial charge in [-0.1, -0.05) is 110 Å². The molecule has 11 heteroatoms. The van der Waals surface area contributed by atoms with Crippen molar-refractivity contribution >= 4 is 17.9 Å². The normalized spacial score (nSPS) is 24.5. The lowest BCUT2D eigenvalue weighted by atomic mass is 9.89. The van der Waals surface area contributed by atoms with Crippen molar-refractivity contribution in [2.24, 2.45) is 5.92 Å². The molecule has 3 aliphatic rings. The van der Waals surface area contributed by atoms with Crippen LogP contribution in [-0.4, -0.2) is 75.8 Å². The van der Waals surface area contributed by atoms with Crippen LogP contribution in [0, 0.1) is 5.92 Å². The lowest BCUT2D eigenvalue weighted by Crippen LogP contribution is -2.46. The van der Waals surface area contributed by atoms with Crippen molar-refractivity contribution in [3.05, 3.63) is 131 Å². The van der Waals surface area contributed by atoms with Crippen LogP contribution in [0.1, 0.15) is 66.4 Å². The highest BCUT2D eigenvalue weighted by Gasteiger charge is 2.41. The number of aliphatic hydroxyl groups is 2. The maximum absolute atomic E-state index is 13.3. The minimum Gasteiger partial charge on any atom is -0.445 e. The quantitative estimate of drug-likeness (QED) is 0.158. The Morgan fingerprint density at radius 2 is 1.59 bits per heavy atom. The zero-order chi connectivity index (χ0) is 37.6. The summed E-state index contributed by atoms with van der Waals surface area (Å²) in [5.74, 6) is -0.816. The predicted octanol–water partition coefficient (Wildman–Crippen LogP) is 5.65. The van der Waals surface area contributed by atoms with E-state index >= 15 is 0 Å². The summed E-state index contributed by atoms with van der Waals surface area (Å²) in [7, 11) is 0. The number of aliphatic hydroxyl groups excluding tert-OH is 2. The first-order valence-electron chi connectivity index (χ1n) is 18.7. The second kappa shape index (κ2) is 17.0. The molecule has 282 valence electrons. The number of nitrogens with zero attached hydrogens (tertiary/aromatic N) is 2. The van der Waals surface area contributed by atoms with Gasteiger partial charge in [0, 0.05) is 24.1 Å². The number of amides is 3. The smallest absolute Gasteiger partial charge is 0.408 e. The summed E-state index contributed by atoms with van der Waals surface area (Å²) in [6.07, 6.45) is 0.0702. The van der Waals surface area contributed by atoms with E-state index in [-0.39, 0.29) is 62.9 Å². The third kappa shape index (κ3) is 8.41. The van der Waals surface area contributed by atoms with Crippen molar-refractivity contribution in [1.29, 1.82) is 0 Å². The van der Waals surface area contributed by atoms with Crippen LogP contribution in [0.25, 0.3) is 11.1 Å². The van der Waals surface area contributed by atoms with Crippen LogP contribution in [0.2, 0.25) is 0 Å². The maximum atomic E-state index is 13.3. The van der Waals surface area contributed by atoms with E-state index in [0.29, 0.717) is 6.54 Å². The summed E-state index contributed by atoms with van der Waals surface area (Å²) < 4.78 is 18.6. The van der Waals surface area contributed by atoms with Gasteiger partial charge >= 0.3 is 6.09 Å². The first-order chi connectivity index (χ1) is 26.3. The van der Waals surface area contributed by atoms with E-state index < -0.39 is 24.3 Å².